The van der Waals surface area contributed by atoms with E-state index in [0.29, 0.717) is 0 Å². The number of anilines is 1. The Kier molecular flexibility index (Phi) is 4.15. The topological polar surface area (TPSA) is 46.9 Å². The van der Waals surface area contributed by atoms with Gasteiger partial charge in [-0.05, 0) is 18.4 Å². The molecule has 0 radical (unpaired) electrons. The van der Waals surface area contributed by atoms with Crippen LogP contribution in [0.2, 0.25) is 0 Å². The fraction of sp³-hybridized carbons (Fsp3) is 0.176. The van der Waals surface area contributed by atoms with Crippen LogP contribution in [0.25, 0.3) is 10.8 Å². The summed E-state index contributed by atoms with van der Waals surface area (Å²) < 4.78 is 1.91. The molecule has 0 bridgehead atoms. The number of aryl methyl sites for hydroxylation is 1. The predicted molar refractivity (Wildman–Crippen MR) is 91.1 cm³/mol. The van der Waals surface area contributed by atoms with Crippen molar-refractivity contribution < 1.29 is 4.79 Å². The molecule has 0 spiro atoms. The van der Waals surface area contributed by atoms with Gasteiger partial charge in [0, 0.05) is 30.5 Å². The Morgan fingerprint density at radius 3 is 2.77 bits per heavy atom. The van der Waals surface area contributed by atoms with E-state index in [1.165, 1.54) is 11.8 Å². The number of thioether (sulfide) groups is 1. The van der Waals surface area contributed by atoms with Gasteiger partial charge in [-0.25, -0.2) is 4.98 Å². The molecule has 1 atom stereocenters. The number of amides is 1. The van der Waals surface area contributed by atoms with Gasteiger partial charge in [-0.1, -0.05) is 48.2 Å². The molecule has 2 aromatic carbocycles. The first-order valence-electron chi connectivity index (χ1n) is 7.08. The van der Waals surface area contributed by atoms with Gasteiger partial charge in [0.05, 0.1) is 5.25 Å². The van der Waals surface area contributed by atoms with Crippen molar-refractivity contribution in [1.29, 1.82) is 0 Å². The third-order valence-corrected chi connectivity index (χ3v) is 4.65. The molecule has 1 aromatic heterocycles. The first-order chi connectivity index (χ1) is 10.6. The molecular formula is C17H17N3OS. The average Bonchev–Trinajstić information content (AvgIpc) is 2.93. The Morgan fingerprint density at radius 1 is 1.23 bits per heavy atom. The van der Waals surface area contributed by atoms with Crippen LogP contribution < -0.4 is 5.32 Å². The number of hydrogen-bond acceptors (Lipinski definition) is 3. The van der Waals surface area contributed by atoms with Crippen molar-refractivity contribution in [2.45, 2.75) is 17.3 Å². The minimum Gasteiger partial charge on any atom is -0.329 e. The molecule has 1 amide bonds. The summed E-state index contributed by atoms with van der Waals surface area (Å²) in [5, 5.41) is 5.80. The smallest absolute Gasteiger partial charge is 0.237 e. The average molecular weight is 311 g/mol. The molecule has 1 N–H and O–H groups in total. The lowest BCUT2D eigenvalue weighted by Gasteiger charge is -2.13. The number of imidazole rings is 1. The molecule has 112 valence electrons. The summed E-state index contributed by atoms with van der Waals surface area (Å²) in [5.74, 6) is -0.0237. The van der Waals surface area contributed by atoms with Gasteiger partial charge in [-0.2, -0.15) is 0 Å². The van der Waals surface area contributed by atoms with E-state index in [9.17, 15) is 4.79 Å². The standard InChI is InChI=1S/C17H17N3OS/c1-12(22-17-18-10-11-20(17)2)16(21)19-15-9-5-7-13-6-3-4-8-14(13)15/h3-12H,1-2H3,(H,19,21)/t12-/m1/s1. The normalized spacial score (nSPS) is 12.3. The second-order valence-corrected chi connectivity index (χ2v) is 6.40. The number of fused-ring (bicyclic) bond motifs is 1. The molecule has 0 fully saturated rings. The number of rotatable bonds is 4. The lowest BCUT2D eigenvalue weighted by atomic mass is 10.1. The molecule has 3 rings (SSSR count). The van der Waals surface area contributed by atoms with Crippen LogP contribution in [0.4, 0.5) is 5.69 Å². The molecular weight excluding hydrogens is 294 g/mol. The van der Waals surface area contributed by atoms with Crippen LogP contribution in [0.5, 0.6) is 0 Å². The molecule has 0 unspecified atom stereocenters. The van der Waals surface area contributed by atoms with E-state index >= 15 is 0 Å². The molecule has 4 nitrogen and oxygen atoms in total. The zero-order valence-corrected chi connectivity index (χ0v) is 13.3. The van der Waals surface area contributed by atoms with Crippen molar-refractivity contribution in [2.24, 2.45) is 7.05 Å². The van der Waals surface area contributed by atoms with Gasteiger partial charge in [0.1, 0.15) is 0 Å². The van der Waals surface area contributed by atoms with Crippen LogP contribution in [0.3, 0.4) is 0 Å². The summed E-state index contributed by atoms with van der Waals surface area (Å²) >= 11 is 1.45. The molecule has 0 aliphatic carbocycles. The maximum atomic E-state index is 12.4. The molecule has 3 aromatic rings. The van der Waals surface area contributed by atoms with E-state index in [1.54, 1.807) is 6.20 Å². The van der Waals surface area contributed by atoms with Gasteiger partial charge in [0.15, 0.2) is 5.16 Å². The quantitative estimate of drug-likeness (QED) is 0.747. The monoisotopic (exact) mass is 311 g/mol. The molecule has 5 heteroatoms. The number of nitrogens with zero attached hydrogens (tertiary/aromatic N) is 2. The second kappa shape index (κ2) is 6.23. The van der Waals surface area contributed by atoms with Crippen molar-refractivity contribution in [3.05, 3.63) is 54.9 Å². The molecule has 0 saturated carbocycles. The van der Waals surface area contributed by atoms with Crippen molar-refractivity contribution in [1.82, 2.24) is 9.55 Å². The molecule has 0 saturated heterocycles. The maximum Gasteiger partial charge on any atom is 0.237 e. The summed E-state index contributed by atoms with van der Waals surface area (Å²) in [4.78, 5) is 16.7. The van der Waals surface area contributed by atoms with Gasteiger partial charge >= 0.3 is 0 Å². The highest BCUT2D eigenvalue weighted by Crippen LogP contribution is 2.25. The highest BCUT2D eigenvalue weighted by Gasteiger charge is 2.17. The summed E-state index contributed by atoms with van der Waals surface area (Å²) in [6, 6.07) is 13.9. The lowest BCUT2D eigenvalue weighted by Crippen LogP contribution is -2.22. The third-order valence-electron chi connectivity index (χ3n) is 3.48. The Hall–Kier alpha value is -2.27. The number of aromatic nitrogens is 2. The van der Waals surface area contributed by atoms with Crippen LogP contribution in [0, 0.1) is 0 Å². The first kappa shape index (κ1) is 14.7. The Balaban J connectivity index is 1.77. The van der Waals surface area contributed by atoms with Crippen LogP contribution in [0.15, 0.2) is 60.0 Å². The summed E-state index contributed by atoms with van der Waals surface area (Å²) in [7, 11) is 1.92. The van der Waals surface area contributed by atoms with Crippen molar-refractivity contribution >= 4 is 34.1 Å². The fourth-order valence-corrected chi connectivity index (χ4v) is 3.08. The third kappa shape index (κ3) is 2.99. The van der Waals surface area contributed by atoms with E-state index in [4.69, 9.17) is 0 Å². The summed E-state index contributed by atoms with van der Waals surface area (Å²) in [5.41, 5.74) is 0.843. The summed E-state index contributed by atoms with van der Waals surface area (Å²) in [6.45, 7) is 1.89. The number of carbonyl (C=O) groups excluding carboxylic acids is 1. The van der Waals surface area contributed by atoms with Gasteiger partial charge in [-0.15, -0.1) is 0 Å². The zero-order chi connectivity index (χ0) is 15.5. The van der Waals surface area contributed by atoms with Gasteiger partial charge < -0.3 is 9.88 Å². The lowest BCUT2D eigenvalue weighted by molar-refractivity contribution is -0.115. The highest BCUT2D eigenvalue weighted by molar-refractivity contribution is 8.00. The van der Waals surface area contributed by atoms with E-state index in [2.05, 4.69) is 10.3 Å². The van der Waals surface area contributed by atoms with Crippen molar-refractivity contribution in [3.8, 4) is 0 Å². The van der Waals surface area contributed by atoms with Gasteiger partial charge in [0.2, 0.25) is 5.91 Å². The second-order valence-electron chi connectivity index (χ2n) is 5.10. The van der Waals surface area contributed by atoms with E-state index in [1.807, 2.05) is 67.2 Å². The van der Waals surface area contributed by atoms with Crippen LogP contribution in [0.1, 0.15) is 6.92 Å². The van der Waals surface area contributed by atoms with Crippen molar-refractivity contribution in [3.63, 3.8) is 0 Å². The Bertz CT molecular complexity index is 807. The Labute approximate surface area is 133 Å². The highest BCUT2D eigenvalue weighted by atomic mass is 32.2. The largest absolute Gasteiger partial charge is 0.329 e. The number of hydrogen-bond donors (Lipinski definition) is 1. The van der Waals surface area contributed by atoms with Gasteiger partial charge in [-0.3, -0.25) is 4.79 Å². The van der Waals surface area contributed by atoms with Crippen LogP contribution in [-0.2, 0) is 11.8 Å². The molecule has 0 aliphatic heterocycles. The first-order valence-corrected chi connectivity index (χ1v) is 7.96. The molecule has 0 aliphatic rings. The predicted octanol–water partition coefficient (Wildman–Crippen LogP) is 3.69. The summed E-state index contributed by atoms with van der Waals surface area (Å²) in [6.07, 6.45) is 3.61. The zero-order valence-electron chi connectivity index (χ0n) is 12.5. The van der Waals surface area contributed by atoms with E-state index in [-0.39, 0.29) is 11.2 Å². The Morgan fingerprint density at radius 2 is 2.00 bits per heavy atom. The SMILES string of the molecule is C[C@@H](Sc1nccn1C)C(=O)Nc1cccc2ccccc12. The maximum absolute atomic E-state index is 12.4. The van der Waals surface area contributed by atoms with Crippen LogP contribution >= 0.6 is 11.8 Å². The minimum atomic E-state index is -0.222. The van der Waals surface area contributed by atoms with Crippen molar-refractivity contribution in [2.75, 3.05) is 5.32 Å². The number of benzene rings is 2. The number of nitrogens with one attached hydrogen (secondary N) is 1. The van der Waals surface area contributed by atoms with E-state index in [0.717, 1.165) is 21.6 Å². The number of carbonyl (C=O) groups is 1. The molecule has 22 heavy (non-hydrogen) atoms. The molecule has 1 heterocycles. The van der Waals surface area contributed by atoms with Crippen LogP contribution in [-0.4, -0.2) is 20.7 Å². The van der Waals surface area contributed by atoms with Gasteiger partial charge in [0.25, 0.3) is 0 Å². The fourth-order valence-electron chi connectivity index (χ4n) is 2.25. The van der Waals surface area contributed by atoms with E-state index < -0.39 is 0 Å². The minimum absolute atomic E-state index is 0.0237.